The van der Waals surface area contributed by atoms with Gasteiger partial charge in [-0.25, -0.2) is 0 Å². The normalized spacial score (nSPS) is 10.6. The molecule has 0 bridgehead atoms. The van der Waals surface area contributed by atoms with Crippen LogP contribution in [0.5, 0.6) is 5.75 Å². The highest BCUT2D eigenvalue weighted by molar-refractivity contribution is 5.76. The number of ether oxygens (including phenoxy) is 1. The minimum Gasteiger partial charge on any atom is -0.406 e. The maximum absolute atomic E-state index is 12.1. The second-order valence-electron chi connectivity index (χ2n) is 5.61. The third kappa shape index (κ3) is 6.89. The van der Waals surface area contributed by atoms with Crippen molar-refractivity contribution in [1.29, 1.82) is 0 Å². The molecule has 0 unspecified atom stereocenters. The van der Waals surface area contributed by atoms with E-state index in [4.69, 9.17) is 0 Å². The standard InChI is InChI=1S/C20H18F3NO2/c1-24(15-17-8-3-2-4-9-17)19(25)10-6-5-7-16-11-13-18(14-12-16)26-20(21,22)23/h2-4,8-9,11-14H,6,10,15H2,1H3. The van der Waals surface area contributed by atoms with Gasteiger partial charge in [0.1, 0.15) is 5.75 Å². The second kappa shape index (κ2) is 8.95. The third-order valence-electron chi connectivity index (χ3n) is 3.47. The van der Waals surface area contributed by atoms with Gasteiger partial charge < -0.3 is 9.64 Å². The molecule has 2 rings (SSSR count). The van der Waals surface area contributed by atoms with E-state index in [1.807, 2.05) is 30.3 Å². The van der Waals surface area contributed by atoms with E-state index in [1.165, 1.54) is 24.3 Å². The number of carbonyl (C=O) groups is 1. The molecule has 3 nitrogen and oxygen atoms in total. The van der Waals surface area contributed by atoms with Crippen LogP contribution in [0.4, 0.5) is 13.2 Å². The summed E-state index contributed by atoms with van der Waals surface area (Å²) in [6.07, 6.45) is -4.05. The molecular weight excluding hydrogens is 343 g/mol. The van der Waals surface area contributed by atoms with Crippen LogP contribution in [0, 0.1) is 11.8 Å². The molecule has 0 spiro atoms. The van der Waals surface area contributed by atoms with Crippen molar-refractivity contribution in [1.82, 2.24) is 4.90 Å². The fraction of sp³-hybridized carbons (Fsp3) is 0.250. The van der Waals surface area contributed by atoms with Crippen molar-refractivity contribution in [3.63, 3.8) is 0 Å². The van der Waals surface area contributed by atoms with Gasteiger partial charge in [-0.2, -0.15) is 0 Å². The van der Waals surface area contributed by atoms with Gasteiger partial charge in [0.25, 0.3) is 0 Å². The van der Waals surface area contributed by atoms with Crippen LogP contribution in [-0.2, 0) is 11.3 Å². The maximum atomic E-state index is 12.1. The topological polar surface area (TPSA) is 29.5 Å². The van der Waals surface area contributed by atoms with E-state index in [1.54, 1.807) is 11.9 Å². The number of carbonyl (C=O) groups excluding carboxylic acids is 1. The molecular formula is C20H18F3NO2. The summed E-state index contributed by atoms with van der Waals surface area (Å²) in [4.78, 5) is 13.7. The molecule has 0 saturated carbocycles. The van der Waals surface area contributed by atoms with E-state index >= 15 is 0 Å². The minimum atomic E-state index is -4.71. The van der Waals surface area contributed by atoms with Crippen LogP contribution in [0.1, 0.15) is 24.0 Å². The summed E-state index contributed by atoms with van der Waals surface area (Å²) >= 11 is 0. The molecule has 2 aromatic rings. The number of nitrogens with zero attached hydrogens (tertiary/aromatic N) is 1. The van der Waals surface area contributed by atoms with E-state index in [2.05, 4.69) is 16.6 Å². The molecule has 0 aliphatic heterocycles. The van der Waals surface area contributed by atoms with Crippen molar-refractivity contribution in [3.8, 4) is 17.6 Å². The van der Waals surface area contributed by atoms with E-state index in [0.717, 1.165) is 5.56 Å². The van der Waals surface area contributed by atoms with Crippen molar-refractivity contribution in [2.45, 2.75) is 25.7 Å². The van der Waals surface area contributed by atoms with Crippen molar-refractivity contribution in [2.75, 3.05) is 7.05 Å². The Morgan fingerprint density at radius 1 is 1.08 bits per heavy atom. The highest BCUT2D eigenvalue weighted by Gasteiger charge is 2.30. The average Bonchev–Trinajstić information content (AvgIpc) is 2.59. The quantitative estimate of drug-likeness (QED) is 0.740. The first kappa shape index (κ1) is 19.4. The number of benzene rings is 2. The molecule has 0 N–H and O–H groups in total. The molecule has 26 heavy (non-hydrogen) atoms. The monoisotopic (exact) mass is 361 g/mol. The number of rotatable bonds is 5. The molecule has 0 atom stereocenters. The summed E-state index contributed by atoms with van der Waals surface area (Å²) in [6, 6.07) is 15.0. The van der Waals surface area contributed by atoms with E-state index in [0.29, 0.717) is 18.5 Å². The molecule has 2 aromatic carbocycles. The summed E-state index contributed by atoms with van der Waals surface area (Å²) in [5.41, 5.74) is 1.61. The van der Waals surface area contributed by atoms with E-state index < -0.39 is 6.36 Å². The Morgan fingerprint density at radius 3 is 2.35 bits per heavy atom. The molecule has 0 aliphatic carbocycles. The molecule has 0 radical (unpaired) electrons. The fourth-order valence-electron chi connectivity index (χ4n) is 2.21. The predicted octanol–water partition coefficient (Wildman–Crippen LogP) is 4.38. The Kier molecular flexibility index (Phi) is 6.67. The number of hydrogen-bond donors (Lipinski definition) is 0. The number of halogens is 3. The van der Waals surface area contributed by atoms with Crippen molar-refractivity contribution in [3.05, 3.63) is 65.7 Å². The van der Waals surface area contributed by atoms with E-state index in [-0.39, 0.29) is 18.1 Å². The Hall–Kier alpha value is -2.94. The Bertz CT molecular complexity index is 775. The van der Waals surface area contributed by atoms with Crippen LogP contribution in [0.3, 0.4) is 0 Å². The molecule has 0 fully saturated rings. The van der Waals surface area contributed by atoms with Gasteiger partial charge in [-0.3, -0.25) is 4.79 Å². The lowest BCUT2D eigenvalue weighted by Gasteiger charge is -2.16. The second-order valence-corrected chi connectivity index (χ2v) is 5.61. The smallest absolute Gasteiger partial charge is 0.406 e. The highest BCUT2D eigenvalue weighted by Crippen LogP contribution is 2.22. The predicted molar refractivity (Wildman–Crippen MR) is 92.2 cm³/mol. The summed E-state index contributed by atoms with van der Waals surface area (Å²) < 4.78 is 40.0. The van der Waals surface area contributed by atoms with Gasteiger partial charge in [-0.1, -0.05) is 42.2 Å². The Morgan fingerprint density at radius 2 is 1.73 bits per heavy atom. The molecule has 1 amide bonds. The van der Waals surface area contributed by atoms with Crippen LogP contribution in [0.15, 0.2) is 54.6 Å². The van der Waals surface area contributed by atoms with Gasteiger partial charge in [0, 0.05) is 32.0 Å². The SMILES string of the molecule is CN(Cc1ccccc1)C(=O)CCC#Cc1ccc(OC(F)(F)F)cc1. The lowest BCUT2D eigenvalue weighted by Crippen LogP contribution is -2.25. The van der Waals surface area contributed by atoms with Crippen LogP contribution in [0.25, 0.3) is 0 Å². The highest BCUT2D eigenvalue weighted by atomic mass is 19.4. The van der Waals surface area contributed by atoms with Gasteiger partial charge in [0.2, 0.25) is 5.91 Å². The Balaban J connectivity index is 1.79. The number of hydrogen-bond acceptors (Lipinski definition) is 2. The minimum absolute atomic E-state index is 0.0166. The average molecular weight is 361 g/mol. The fourth-order valence-corrected chi connectivity index (χ4v) is 2.21. The van der Waals surface area contributed by atoms with Gasteiger partial charge in [0.15, 0.2) is 0 Å². The van der Waals surface area contributed by atoms with Crippen molar-refractivity contribution in [2.24, 2.45) is 0 Å². The van der Waals surface area contributed by atoms with E-state index in [9.17, 15) is 18.0 Å². The summed E-state index contributed by atoms with van der Waals surface area (Å²) in [5, 5.41) is 0. The van der Waals surface area contributed by atoms with Crippen LogP contribution in [0.2, 0.25) is 0 Å². The van der Waals surface area contributed by atoms with Gasteiger partial charge in [0.05, 0.1) is 0 Å². The lowest BCUT2D eigenvalue weighted by molar-refractivity contribution is -0.274. The molecule has 136 valence electrons. The number of alkyl halides is 3. The largest absolute Gasteiger partial charge is 0.573 e. The molecule has 0 saturated heterocycles. The summed E-state index contributed by atoms with van der Waals surface area (Å²) in [7, 11) is 1.74. The molecule has 0 aliphatic rings. The molecule has 0 heterocycles. The zero-order valence-corrected chi connectivity index (χ0v) is 14.2. The first-order valence-corrected chi connectivity index (χ1v) is 7.96. The van der Waals surface area contributed by atoms with Gasteiger partial charge in [-0.05, 0) is 29.8 Å². The van der Waals surface area contributed by atoms with Gasteiger partial charge >= 0.3 is 6.36 Å². The van der Waals surface area contributed by atoms with Crippen LogP contribution in [-0.4, -0.2) is 24.2 Å². The van der Waals surface area contributed by atoms with Crippen LogP contribution >= 0.6 is 0 Å². The summed E-state index contributed by atoms with van der Waals surface area (Å²) in [5.74, 6) is 5.37. The first-order valence-electron chi connectivity index (χ1n) is 7.96. The van der Waals surface area contributed by atoms with Crippen molar-refractivity contribution >= 4 is 5.91 Å². The molecule has 6 heteroatoms. The Labute approximate surface area is 150 Å². The summed E-state index contributed by atoms with van der Waals surface area (Å²) in [6.45, 7) is 0.535. The molecule has 0 aromatic heterocycles. The van der Waals surface area contributed by atoms with Crippen molar-refractivity contribution < 1.29 is 22.7 Å². The number of amides is 1. The van der Waals surface area contributed by atoms with Gasteiger partial charge in [-0.15, -0.1) is 13.2 Å². The third-order valence-corrected chi connectivity index (χ3v) is 3.47. The zero-order chi connectivity index (χ0) is 19.0. The van der Waals surface area contributed by atoms with Crippen LogP contribution < -0.4 is 4.74 Å². The zero-order valence-electron chi connectivity index (χ0n) is 14.2. The maximum Gasteiger partial charge on any atom is 0.573 e. The first-order chi connectivity index (χ1) is 12.3. The lowest BCUT2D eigenvalue weighted by atomic mass is 10.2.